The smallest absolute Gasteiger partial charge is 0.0495 e. The van der Waals surface area contributed by atoms with Gasteiger partial charge in [-0.25, -0.2) is 0 Å². The normalized spacial score (nSPS) is 23.4. The molecule has 1 unspecified atom stereocenters. The first-order valence-corrected chi connectivity index (χ1v) is 7.29. The van der Waals surface area contributed by atoms with Gasteiger partial charge in [-0.3, -0.25) is 0 Å². The third kappa shape index (κ3) is 3.33. The summed E-state index contributed by atoms with van der Waals surface area (Å²) in [6.45, 7) is 4.06. The number of hydrogen-bond donors (Lipinski definition) is 1. The highest BCUT2D eigenvalue weighted by Crippen LogP contribution is 2.40. The maximum atomic E-state index is 5.39. The van der Waals surface area contributed by atoms with Gasteiger partial charge in [-0.2, -0.15) is 0 Å². The predicted octanol–water partition coefficient (Wildman–Crippen LogP) is 3.08. The molecular weight excluding hydrogens is 222 g/mol. The SMILES string of the molecule is c1cc(CNCCC2CCOC2)cc(C2CC2)c1. The fraction of sp³-hybridized carbons (Fsp3) is 0.625. The van der Waals surface area contributed by atoms with Crippen molar-refractivity contribution in [3.8, 4) is 0 Å². The van der Waals surface area contributed by atoms with Gasteiger partial charge in [0.05, 0.1) is 0 Å². The van der Waals surface area contributed by atoms with Crippen LogP contribution in [-0.2, 0) is 11.3 Å². The number of benzene rings is 1. The fourth-order valence-electron chi connectivity index (χ4n) is 2.72. The van der Waals surface area contributed by atoms with Crippen molar-refractivity contribution >= 4 is 0 Å². The summed E-state index contributed by atoms with van der Waals surface area (Å²) in [4.78, 5) is 0. The topological polar surface area (TPSA) is 21.3 Å². The molecule has 1 heterocycles. The van der Waals surface area contributed by atoms with E-state index in [9.17, 15) is 0 Å². The zero-order valence-corrected chi connectivity index (χ0v) is 11.0. The lowest BCUT2D eigenvalue weighted by atomic mass is 10.0. The molecule has 18 heavy (non-hydrogen) atoms. The van der Waals surface area contributed by atoms with E-state index in [0.717, 1.165) is 38.1 Å². The van der Waals surface area contributed by atoms with Crippen LogP contribution in [0.3, 0.4) is 0 Å². The van der Waals surface area contributed by atoms with E-state index in [1.165, 1.54) is 31.2 Å². The third-order valence-electron chi connectivity index (χ3n) is 4.08. The van der Waals surface area contributed by atoms with E-state index in [4.69, 9.17) is 4.74 Å². The molecule has 1 saturated carbocycles. The Bertz CT molecular complexity index is 380. The van der Waals surface area contributed by atoms with Crippen LogP contribution < -0.4 is 5.32 Å². The quantitative estimate of drug-likeness (QED) is 0.778. The van der Waals surface area contributed by atoms with Crippen LogP contribution in [0.2, 0.25) is 0 Å². The van der Waals surface area contributed by atoms with Gasteiger partial charge in [0.1, 0.15) is 0 Å². The van der Waals surface area contributed by atoms with E-state index in [1.807, 2.05) is 0 Å². The van der Waals surface area contributed by atoms with Crippen LogP contribution in [0.5, 0.6) is 0 Å². The molecule has 2 aliphatic rings. The Morgan fingerprint density at radius 1 is 1.22 bits per heavy atom. The van der Waals surface area contributed by atoms with Crippen LogP contribution in [0.4, 0.5) is 0 Å². The van der Waals surface area contributed by atoms with Crippen LogP contribution in [0, 0.1) is 5.92 Å². The molecule has 1 N–H and O–H groups in total. The molecule has 1 aliphatic heterocycles. The molecule has 2 nitrogen and oxygen atoms in total. The first kappa shape index (κ1) is 12.2. The van der Waals surface area contributed by atoms with Crippen molar-refractivity contribution in [1.29, 1.82) is 0 Å². The second-order valence-electron chi connectivity index (χ2n) is 5.71. The van der Waals surface area contributed by atoms with Crippen molar-refractivity contribution in [2.45, 2.75) is 38.1 Å². The van der Waals surface area contributed by atoms with Crippen LogP contribution in [0.15, 0.2) is 24.3 Å². The summed E-state index contributed by atoms with van der Waals surface area (Å²) < 4.78 is 5.39. The molecule has 1 saturated heterocycles. The van der Waals surface area contributed by atoms with Crippen molar-refractivity contribution in [3.63, 3.8) is 0 Å². The van der Waals surface area contributed by atoms with E-state index in [0.29, 0.717) is 0 Å². The maximum Gasteiger partial charge on any atom is 0.0495 e. The van der Waals surface area contributed by atoms with E-state index in [2.05, 4.69) is 29.6 Å². The molecule has 1 aromatic carbocycles. The maximum absolute atomic E-state index is 5.39. The summed E-state index contributed by atoms with van der Waals surface area (Å²) in [5.41, 5.74) is 2.97. The standard InChI is InChI=1S/C16H23NO/c1-2-14(10-16(3-1)15-4-5-15)11-17-8-6-13-7-9-18-12-13/h1-3,10,13,15,17H,4-9,11-12H2. The number of hydrogen-bond acceptors (Lipinski definition) is 2. The van der Waals surface area contributed by atoms with E-state index < -0.39 is 0 Å². The van der Waals surface area contributed by atoms with Crippen LogP contribution in [0.25, 0.3) is 0 Å². The van der Waals surface area contributed by atoms with Gasteiger partial charge in [-0.1, -0.05) is 24.3 Å². The summed E-state index contributed by atoms with van der Waals surface area (Å²) in [5.74, 6) is 1.65. The Morgan fingerprint density at radius 2 is 2.17 bits per heavy atom. The summed E-state index contributed by atoms with van der Waals surface area (Å²) in [6.07, 6.45) is 5.28. The van der Waals surface area contributed by atoms with Gasteiger partial charge in [0.2, 0.25) is 0 Å². The molecule has 0 bridgehead atoms. The number of rotatable bonds is 6. The lowest BCUT2D eigenvalue weighted by molar-refractivity contribution is 0.184. The molecule has 0 aromatic heterocycles. The average molecular weight is 245 g/mol. The van der Waals surface area contributed by atoms with Crippen LogP contribution in [-0.4, -0.2) is 19.8 Å². The molecule has 0 amide bonds. The number of nitrogens with one attached hydrogen (secondary N) is 1. The van der Waals surface area contributed by atoms with Crippen molar-refractivity contribution in [1.82, 2.24) is 5.32 Å². The van der Waals surface area contributed by atoms with E-state index in [-0.39, 0.29) is 0 Å². The minimum absolute atomic E-state index is 0.787. The van der Waals surface area contributed by atoms with Gasteiger partial charge in [0.25, 0.3) is 0 Å². The molecule has 98 valence electrons. The van der Waals surface area contributed by atoms with Crippen molar-refractivity contribution in [2.75, 3.05) is 19.8 Å². The average Bonchev–Trinajstić information content (AvgIpc) is 3.13. The number of ether oxygens (including phenoxy) is 1. The molecule has 0 spiro atoms. The summed E-state index contributed by atoms with van der Waals surface area (Å²) in [6, 6.07) is 9.09. The highest BCUT2D eigenvalue weighted by atomic mass is 16.5. The van der Waals surface area contributed by atoms with E-state index in [1.54, 1.807) is 5.56 Å². The lowest BCUT2D eigenvalue weighted by Crippen LogP contribution is -2.18. The Morgan fingerprint density at radius 3 is 2.94 bits per heavy atom. The predicted molar refractivity (Wildman–Crippen MR) is 73.7 cm³/mol. The third-order valence-corrected chi connectivity index (χ3v) is 4.08. The Balaban J connectivity index is 1.40. The lowest BCUT2D eigenvalue weighted by Gasteiger charge is -2.09. The zero-order valence-electron chi connectivity index (χ0n) is 11.0. The van der Waals surface area contributed by atoms with Crippen molar-refractivity contribution < 1.29 is 4.74 Å². The molecule has 1 aliphatic carbocycles. The Hall–Kier alpha value is -0.860. The molecule has 2 heteroatoms. The van der Waals surface area contributed by atoms with Gasteiger partial charge in [0.15, 0.2) is 0 Å². The van der Waals surface area contributed by atoms with Crippen molar-refractivity contribution in [3.05, 3.63) is 35.4 Å². The minimum atomic E-state index is 0.787. The molecule has 0 radical (unpaired) electrons. The highest BCUT2D eigenvalue weighted by Gasteiger charge is 2.23. The molecular formula is C16H23NO. The fourth-order valence-corrected chi connectivity index (χ4v) is 2.72. The van der Waals surface area contributed by atoms with E-state index >= 15 is 0 Å². The van der Waals surface area contributed by atoms with Crippen molar-refractivity contribution in [2.24, 2.45) is 5.92 Å². The van der Waals surface area contributed by atoms with Gasteiger partial charge >= 0.3 is 0 Å². The monoisotopic (exact) mass is 245 g/mol. The summed E-state index contributed by atoms with van der Waals surface area (Å²) in [5, 5.41) is 3.56. The Labute approximate surface area is 110 Å². The van der Waals surface area contributed by atoms with Gasteiger partial charge in [-0.05, 0) is 55.2 Å². The summed E-state index contributed by atoms with van der Waals surface area (Å²) >= 11 is 0. The Kier molecular flexibility index (Phi) is 3.96. The highest BCUT2D eigenvalue weighted by molar-refractivity contribution is 5.29. The minimum Gasteiger partial charge on any atom is -0.381 e. The molecule has 1 aromatic rings. The van der Waals surface area contributed by atoms with Crippen LogP contribution in [0.1, 0.15) is 42.7 Å². The van der Waals surface area contributed by atoms with Gasteiger partial charge < -0.3 is 10.1 Å². The van der Waals surface area contributed by atoms with Gasteiger partial charge in [0, 0.05) is 19.8 Å². The first-order chi connectivity index (χ1) is 8.92. The largest absolute Gasteiger partial charge is 0.381 e. The second-order valence-corrected chi connectivity index (χ2v) is 5.71. The van der Waals surface area contributed by atoms with Crippen LogP contribution >= 0.6 is 0 Å². The van der Waals surface area contributed by atoms with Gasteiger partial charge in [-0.15, -0.1) is 0 Å². The second kappa shape index (κ2) is 5.85. The zero-order chi connectivity index (χ0) is 12.2. The first-order valence-electron chi connectivity index (χ1n) is 7.29. The molecule has 3 rings (SSSR count). The molecule has 2 fully saturated rings. The summed E-state index contributed by atoms with van der Waals surface area (Å²) in [7, 11) is 0. The molecule has 1 atom stereocenters.